The Hall–Kier alpha value is -2.80. The van der Waals surface area contributed by atoms with Crippen molar-refractivity contribution in [2.75, 3.05) is 18.6 Å². The molecular weight excluding hydrogens is 414 g/mol. The minimum Gasteiger partial charge on any atom is -0.497 e. The molecule has 0 aliphatic carbocycles. The summed E-state index contributed by atoms with van der Waals surface area (Å²) in [6.07, 6.45) is 2.28. The van der Waals surface area contributed by atoms with Gasteiger partial charge in [0.1, 0.15) is 11.3 Å². The predicted molar refractivity (Wildman–Crippen MR) is 120 cm³/mol. The van der Waals surface area contributed by atoms with Gasteiger partial charge in [0.15, 0.2) is 9.84 Å². The predicted octanol–water partition coefficient (Wildman–Crippen LogP) is 3.82. The standard InChI is InChI=1S/C24H27NO5S/c1-16-4-9-22-19(14-30-24(22)17(16)2)12-23(26)25(20-10-11-31(27,28)15-20)13-18-5-7-21(29-3)8-6-18/h4-9,14,20H,10-13,15H2,1-3H3. The molecule has 0 saturated carbocycles. The van der Waals surface area contributed by atoms with Crippen LogP contribution in [0.1, 0.15) is 28.7 Å². The molecule has 164 valence electrons. The Kier molecular flexibility index (Phi) is 5.79. The van der Waals surface area contributed by atoms with E-state index in [9.17, 15) is 13.2 Å². The summed E-state index contributed by atoms with van der Waals surface area (Å²) >= 11 is 0. The largest absolute Gasteiger partial charge is 0.497 e. The number of hydrogen-bond acceptors (Lipinski definition) is 5. The Morgan fingerprint density at radius 3 is 2.55 bits per heavy atom. The number of nitrogens with zero attached hydrogens (tertiary/aromatic N) is 1. The number of aryl methyl sites for hydroxylation is 2. The van der Waals surface area contributed by atoms with Gasteiger partial charge in [-0.25, -0.2) is 8.42 Å². The van der Waals surface area contributed by atoms with E-state index in [0.717, 1.165) is 39.0 Å². The van der Waals surface area contributed by atoms with Gasteiger partial charge in [-0.1, -0.05) is 24.3 Å². The number of methoxy groups -OCH3 is 1. The van der Waals surface area contributed by atoms with Crippen molar-refractivity contribution in [2.24, 2.45) is 0 Å². The van der Waals surface area contributed by atoms with Crippen LogP contribution < -0.4 is 4.74 Å². The molecule has 2 heterocycles. The molecule has 0 bridgehead atoms. The Morgan fingerprint density at radius 1 is 1.16 bits per heavy atom. The number of furan rings is 1. The third kappa shape index (κ3) is 4.46. The van der Waals surface area contributed by atoms with Gasteiger partial charge >= 0.3 is 0 Å². The van der Waals surface area contributed by atoms with Gasteiger partial charge in [0.25, 0.3) is 0 Å². The number of benzene rings is 2. The number of rotatable bonds is 6. The van der Waals surface area contributed by atoms with Gasteiger partial charge in [0.2, 0.25) is 5.91 Å². The van der Waals surface area contributed by atoms with Crippen LogP contribution in [0.4, 0.5) is 0 Å². The molecule has 1 aromatic heterocycles. The summed E-state index contributed by atoms with van der Waals surface area (Å²) in [7, 11) is -1.51. The molecule has 2 aromatic carbocycles. The molecule has 7 heteroatoms. The maximum Gasteiger partial charge on any atom is 0.227 e. The first-order chi connectivity index (χ1) is 14.8. The van der Waals surface area contributed by atoms with Crippen molar-refractivity contribution < 1.29 is 22.4 Å². The fourth-order valence-corrected chi connectivity index (χ4v) is 5.89. The van der Waals surface area contributed by atoms with Crippen molar-refractivity contribution >= 4 is 26.7 Å². The van der Waals surface area contributed by atoms with E-state index >= 15 is 0 Å². The lowest BCUT2D eigenvalue weighted by molar-refractivity contribution is -0.133. The second-order valence-corrected chi connectivity index (χ2v) is 10.5. The molecule has 1 amide bonds. The van der Waals surface area contributed by atoms with Gasteiger partial charge in [-0.2, -0.15) is 0 Å². The number of sulfone groups is 1. The Labute approximate surface area is 182 Å². The van der Waals surface area contributed by atoms with Crippen LogP contribution in [0, 0.1) is 13.8 Å². The maximum absolute atomic E-state index is 13.4. The van der Waals surface area contributed by atoms with Gasteiger partial charge in [-0.3, -0.25) is 4.79 Å². The SMILES string of the molecule is COc1ccc(CN(C(=O)Cc2coc3c(C)c(C)ccc23)C2CCS(=O)(=O)C2)cc1. The summed E-state index contributed by atoms with van der Waals surface area (Å²) in [6, 6.07) is 11.2. The minimum atomic E-state index is -3.12. The topological polar surface area (TPSA) is 76.8 Å². The number of carbonyl (C=O) groups is 1. The molecule has 1 aliphatic heterocycles. The average molecular weight is 442 g/mol. The van der Waals surface area contributed by atoms with E-state index in [1.54, 1.807) is 18.3 Å². The first-order valence-electron chi connectivity index (χ1n) is 10.4. The fourth-order valence-electron chi connectivity index (χ4n) is 4.16. The summed E-state index contributed by atoms with van der Waals surface area (Å²) in [4.78, 5) is 15.1. The van der Waals surface area contributed by atoms with E-state index in [0.29, 0.717) is 13.0 Å². The van der Waals surface area contributed by atoms with Gasteiger partial charge in [0, 0.05) is 23.5 Å². The van der Waals surface area contributed by atoms with Gasteiger partial charge < -0.3 is 14.1 Å². The Morgan fingerprint density at radius 2 is 1.90 bits per heavy atom. The van der Waals surface area contributed by atoms with Gasteiger partial charge in [-0.05, 0) is 49.1 Å². The highest BCUT2D eigenvalue weighted by Crippen LogP contribution is 2.28. The van der Waals surface area contributed by atoms with Crippen molar-refractivity contribution in [3.05, 3.63) is 64.9 Å². The van der Waals surface area contributed by atoms with Crippen molar-refractivity contribution in [3.8, 4) is 5.75 Å². The summed E-state index contributed by atoms with van der Waals surface area (Å²) in [5, 5.41) is 0.930. The zero-order chi connectivity index (χ0) is 22.2. The van der Waals surface area contributed by atoms with Crippen LogP contribution in [0.25, 0.3) is 11.0 Å². The molecule has 1 atom stereocenters. The molecule has 4 rings (SSSR count). The molecule has 1 saturated heterocycles. The molecule has 31 heavy (non-hydrogen) atoms. The van der Waals surface area contributed by atoms with Crippen molar-refractivity contribution in [3.63, 3.8) is 0 Å². The number of ether oxygens (including phenoxy) is 1. The molecule has 0 radical (unpaired) electrons. The smallest absolute Gasteiger partial charge is 0.227 e. The van der Waals surface area contributed by atoms with Crippen molar-refractivity contribution in [1.82, 2.24) is 4.90 Å². The lowest BCUT2D eigenvalue weighted by Crippen LogP contribution is -2.41. The van der Waals surface area contributed by atoms with Crippen molar-refractivity contribution in [2.45, 2.75) is 39.3 Å². The molecule has 3 aromatic rings. The van der Waals surface area contributed by atoms with Crippen LogP contribution in [0.5, 0.6) is 5.75 Å². The number of amides is 1. The van der Waals surface area contributed by atoms with Crippen LogP contribution in [-0.2, 0) is 27.6 Å². The van der Waals surface area contributed by atoms with Crippen LogP contribution in [0.3, 0.4) is 0 Å². The molecule has 1 unspecified atom stereocenters. The fraction of sp³-hybridized carbons (Fsp3) is 0.375. The average Bonchev–Trinajstić information content (AvgIpc) is 3.32. The second-order valence-electron chi connectivity index (χ2n) is 8.25. The second kappa shape index (κ2) is 8.38. The summed E-state index contributed by atoms with van der Waals surface area (Å²) < 4.78 is 35.2. The van der Waals surface area contributed by atoms with Crippen molar-refractivity contribution in [1.29, 1.82) is 0 Å². The molecule has 0 spiro atoms. The summed E-state index contributed by atoms with van der Waals surface area (Å²) in [5.74, 6) is 0.774. The first-order valence-corrected chi connectivity index (χ1v) is 12.2. The first kappa shape index (κ1) is 21.4. The van der Waals surface area contributed by atoms with Gasteiger partial charge in [0.05, 0.1) is 31.3 Å². The van der Waals surface area contributed by atoms with E-state index in [4.69, 9.17) is 9.15 Å². The van der Waals surface area contributed by atoms with E-state index in [-0.39, 0.29) is 29.9 Å². The number of carbonyl (C=O) groups excluding carboxylic acids is 1. The third-order valence-electron chi connectivity index (χ3n) is 6.16. The molecule has 1 fully saturated rings. The highest BCUT2D eigenvalue weighted by atomic mass is 32.2. The van der Waals surface area contributed by atoms with Crippen LogP contribution in [0.2, 0.25) is 0 Å². The van der Waals surface area contributed by atoms with E-state index < -0.39 is 9.84 Å². The third-order valence-corrected chi connectivity index (χ3v) is 7.92. The molecular formula is C24H27NO5S. The molecule has 1 aliphatic rings. The molecule has 0 N–H and O–H groups in total. The molecule has 6 nitrogen and oxygen atoms in total. The van der Waals surface area contributed by atoms with Crippen LogP contribution in [-0.4, -0.2) is 43.9 Å². The van der Waals surface area contributed by atoms with E-state index in [1.165, 1.54) is 0 Å². The minimum absolute atomic E-state index is 0.0132. The monoisotopic (exact) mass is 441 g/mol. The lowest BCUT2D eigenvalue weighted by atomic mass is 10.0. The Bertz CT molecular complexity index is 1210. The van der Waals surface area contributed by atoms with E-state index in [1.807, 2.05) is 50.2 Å². The number of fused-ring (bicyclic) bond motifs is 1. The highest BCUT2D eigenvalue weighted by molar-refractivity contribution is 7.91. The zero-order valence-electron chi connectivity index (χ0n) is 18.1. The summed E-state index contributed by atoms with van der Waals surface area (Å²) in [6.45, 7) is 4.39. The number of hydrogen-bond donors (Lipinski definition) is 0. The van der Waals surface area contributed by atoms with E-state index in [2.05, 4.69) is 0 Å². The van der Waals surface area contributed by atoms with Gasteiger partial charge in [-0.15, -0.1) is 0 Å². The quantitative estimate of drug-likeness (QED) is 0.581. The normalized spacial score (nSPS) is 17.7. The zero-order valence-corrected chi connectivity index (χ0v) is 18.9. The lowest BCUT2D eigenvalue weighted by Gasteiger charge is -2.28. The van der Waals surface area contributed by atoms with Crippen LogP contribution >= 0.6 is 0 Å². The Balaban J connectivity index is 1.61. The highest BCUT2D eigenvalue weighted by Gasteiger charge is 2.35. The maximum atomic E-state index is 13.4. The summed E-state index contributed by atoms with van der Waals surface area (Å²) in [5.41, 5.74) is 4.75. The van der Waals surface area contributed by atoms with Crippen LogP contribution in [0.15, 0.2) is 47.1 Å².